The molecule has 0 saturated carbocycles. The molecule has 0 fully saturated rings. The lowest BCUT2D eigenvalue weighted by Gasteiger charge is -2.00. The van der Waals surface area contributed by atoms with E-state index in [1.54, 1.807) is 6.92 Å². The summed E-state index contributed by atoms with van der Waals surface area (Å²) in [5, 5.41) is 3.24. The van der Waals surface area contributed by atoms with Crippen molar-refractivity contribution in [2.75, 3.05) is 11.9 Å². The lowest BCUT2D eigenvalue weighted by molar-refractivity contribution is 0.101. The van der Waals surface area contributed by atoms with Gasteiger partial charge < -0.3 is 5.32 Å². The molecule has 0 aromatic heterocycles. The van der Waals surface area contributed by atoms with Crippen LogP contribution >= 0.6 is 0 Å². The predicted molar refractivity (Wildman–Crippen MR) is 48.6 cm³/mol. The summed E-state index contributed by atoms with van der Waals surface area (Å²) in [6.45, 7) is 2.59. The first-order chi connectivity index (χ1) is 5.77. The van der Waals surface area contributed by atoms with Crippen LogP contribution < -0.4 is 5.32 Å². The summed E-state index contributed by atoms with van der Waals surface area (Å²) in [6, 6.07) is 5.87. The Kier molecular flexibility index (Phi) is 1.61. The van der Waals surface area contributed by atoms with Gasteiger partial charge in [0.05, 0.1) is 0 Å². The second kappa shape index (κ2) is 2.63. The van der Waals surface area contributed by atoms with Gasteiger partial charge in [0.1, 0.15) is 0 Å². The molecule has 0 spiro atoms. The number of benzene rings is 1. The average molecular weight is 161 g/mol. The van der Waals surface area contributed by atoms with Crippen LogP contribution in [-0.2, 0) is 6.42 Å². The second-order valence-corrected chi connectivity index (χ2v) is 3.10. The van der Waals surface area contributed by atoms with E-state index in [2.05, 4.69) is 5.32 Å². The monoisotopic (exact) mass is 161 g/mol. The topological polar surface area (TPSA) is 29.1 Å². The van der Waals surface area contributed by atoms with E-state index in [-0.39, 0.29) is 5.78 Å². The number of carbonyl (C=O) groups is 1. The summed E-state index contributed by atoms with van der Waals surface area (Å²) in [4.78, 5) is 11.0. The maximum atomic E-state index is 11.0. The summed E-state index contributed by atoms with van der Waals surface area (Å²) in [5.74, 6) is 0.131. The van der Waals surface area contributed by atoms with Crippen molar-refractivity contribution in [3.63, 3.8) is 0 Å². The van der Waals surface area contributed by atoms with Crippen LogP contribution in [0.15, 0.2) is 18.2 Å². The van der Waals surface area contributed by atoms with Gasteiger partial charge >= 0.3 is 0 Å². The molecule has 0 bridgehead atoms. The number of anilines is 1. The first kappa shape index (κ1) is 7.35. The number of nitrogens with one attached hydrogen (secondary N) is 1. The maximum Gasteiger partial charge on any atom is 0.159 e. The van der Waals surface area contributed by atoms with Crippen LogP contribution in [0.1, 0.15) is 22.8 Å². The molecule has 1 heterocycles. The quantitative estimate of drug-likeness (QED) is 0.637. The number of rotatable bonds is 1. The third-order valence-electron chi connectivity index (χ3n) is 2.23. The van der Waals surface area contributed by atoms with Crippen molar-refractivity contribution in [3.05, 3.63) is 29.3 Å². The summed E-state index contributed by atoms with van der Waals surface area (Å²) in [6.07, 6.45) is 1.08. The molecule has 62 valence electrons. The number of carbonyl (C=O) groups excluding carboxylic acids is 1. The molecular formula is C10H11NO. The van der Waals surface area contributed by atoms with Gasteiger partial charge in [-0.15, -0.1) is 0 Å². The first-order valence-corrected chi connectivity index (χ1v) is 4.15. The molecule has 1 aliphatic rings. The van der Waals surface area contributed by atoms with Crippen molar-refractivity contribution >= 4 is 11.5 Å². The summed E-state index contributed by atoms with van der Waals surface area (Å²) < 4.78 is 0. The minimum absolute atomic E-state index is 0.131. The van der Waals surface area contributed by atoms with E-state index < -0.39 is 0 Å². The zero-order valence-electron chi connectivity index (χ0n) is 7.05. The van der Waals surface area contributed by atoms with Crippen LogP contribution in [0.2, 0.25) is 0 Å². The number of ketones is 1. The smallest absolute Gasteiger partial charge is 0.159 e. The SMILES string of the molecule is CC(=O)c1ccc2c(c1)NCC2. The summed E-state index contributed by atoms with van der Waals surface area (Å²) in [5.41, 5.74) is 3.24. The Morgan fingerprint density at radius 1 is 1.50 bits per heavy atom. The number of hydrogen-bond donors (Lipinski definition) is 1. The molecule has 1 aliphatic heterocycles. The van der Waals surface area contributed by atoms with Crippen molar-refractivity contribution in [1.29, 1.82) is 0 Å². The Morgan fingerprint density at radius 2 is 2.33 bits per heavy atom. The van der Waals surface area contributed by atoms with E-state index >= 15 is 0 Å². The van der Waals surface area contributed by atoms with Gasteiger partial charge in [-0.1, -0.05) is 12.1 Å². The van der Waals surface area contributed by atoms with Crippen molar-refractivity contribution in [3.8, 4) is 0 Å². The highest BCUT2D eigenvalue weighted by Gasteiger charge is 2.10. The third-order valence-corrected chi connectivity index (χ3v) is 2.23. The van der Waals surface area contributed by atoms with Gasteiger partial charge in [0, 0.05) is 17.8 Å². The number of fused-ring (bicyclic) bond motifs is 1. The maximum absolute atomic E-state index is 11.0. The van der Waals surface area contributed by atoms with Crippen molar-refractivity contribution in [1.82, 2.24) is 0 Å². The molecule has 2 rings (SSSR count). The fourth-order valence-electron chi connectivity index (χ4n) is 1.51. The predicted octanol–water partition coefficient (Wildman–Crippen LogP) is 1.86. The lowest BCUT2D eigenvalue weighted by atomic mass is 10.1. The standard InChI is InChI=1S/C10H11NO/c1-7(12)9-3-2-8-4-5-11-10(8)6-9/h2-3,6,11H,4-5H2,1H3. The van der Waals surface area contributed by atoms with Gasteiger partial charge in [-0.2, -0.15) is 0 Å². The molecular weight excluding hydrogens is 150 g/mol. The zero-order valence-corrected chi connectivity index (χ0v) is 7.05. The normalized spacial score (nSPS) is 13.8. The minimum atomic E-state index is 0.131. The van der Waals surface area contributed by atoms with Gasteiger partial charge in [0.25, 0.3) is 0 Å². The Balaban J connectivity index is 2.45. The molecule has 2 heteroatoms. The van der Waals surface area contributed by atoms with Crippen LogP contribution in [0.4, 0.5) is 5.69 Å². The van der Waals surface area contributed by atoms with Crippen LogP contribution in [0.5, 0.6) is 0 Å². The van der Waals surface area contributed by atoms with Crippen LogP contribution in [0, 0.1) is 0 Å². The molecule has 0 radical (unpaired) electrons. The van der Waals surface area contributed by atoms with Gasteiger partial charge in [0.2, 0.25) is 0 Å². The van der Waals surface area contributed by atoms with E-state index in [1.807, 2.05) is 18.2 Å². The van der Waals surface area contributed by atoms with Gasteiger partial charge in [-0.25, -0.2) is 0 Å². The molecule has 12 heavy (non-hydrogen) atoms. The zero-order chi connectivity index (χ0) is 8.55. The molecule has 1 aromatic carbocycles. The lowest BCUT2D eigenvalue weighted by Crippen LogP contribution is -1.94. The number of Topliss-reactive ketones (excluding diaryl/α,β-unsaturated/α-hetero) is 1. The average Bonchev–Trinajstić information content (AvgIpc) is 2.49. The van der Waals surface area contributed by atoms with E-state index in [0.717, 1.165) is 24.2 Å². The number of hydrogen-bond acceptors (Lipinski definition) is 2. The Bertz CT molecular complexity index is 331. The van der Waals surface area contributed by atoms with E-state index in [0.29, 0.717) is 0 Å². The second-order valence-electron chi connectivity index (χ2n) is 3.10. The van der Waals surface area contributed by atoms with Crippen LogP contribution in [0.3, 0.4) is 0 Å². The molecule has 0 amide bonds. The molecule has 0 atom stereocenters. The van der Waals surface area contributed by atoms with Gasteiger partial charge in [-0.05, 0) is 25.0 Å². The summed E-state index contributed by atoms with van der Waals surface area (Å²) >= 11 is 0. The summed E-state index contributed by atoms with van der Waals surface area (Å²) in [7, 11) is 0. The highest BCUT2D eigenvalue weighted by Crippen LogP contribution is 2.23. The molecule has 2 nitrogen and oxygen atoms in total. The first-order valence-electron chi connectivity index (χ1n) is 4.15. The Labute approximate surface area is 71.6 Å². The molecule has 1 aromatic rings. The van der Waals surface area contributed by atoms with Crippen LogP contribution in [0.25, 0.3) is 0 Å². The molecule has 0 aliphatic carbocycles. The van der Waals surface area contributed by atoms with Gasteiger partial charge in [-0.3, -0.25) is 4.79 Å². The third kappa shape index (κ3) is 1.09. The van der Waals surface area contributed by atoms with Crippen LogP contribution in [-0.4, -0.2) is 12.3 Å². The van der Waals surface area contributed by atoms with E-state index in [1.165, 1.54) is 5.56 Å². The van der Waals surface area contributed by atoms with Gasteiger partial charge in [0.15, 0.2) is 5.78 Å². The highest BCUT2D eigenvalue weighted by atomic mass is 16.1. The fraction of sp³-hybridized carbons (Fsp3) is 0.300. The fourth-order valence-corrected chi connectivity index (χ4v) is 1.51. The Morgan fingerprint density at radius 3 is 3.08 bits per heavy atom. The minimum Gasteiger partial charge on any atom is -0.384 e. The largest absolute Gasteiger partial charge is 0.384 e. The molecule has 0 saturated heterocycles. The highest BCUT2D eigenvalue weighted by molar-refractivity contribution is 5.95. The van der Waals surface area contributed by atoms with Crippen molar-refractivity contribution in [2.24, 2.45) is 0 Å². The van der Waals surface area contributed by atoms with Crippen molar-refractivity contribution in [2.45, 2.75) is 13.3 Å². The Hall–Kier alpha value is -1.31. The van der Waals surface area contributed by atoms with E-state index in [4.69, 9.17) is 0 Å². The molecule has 0 unspecified atom stereocenters. The molecule has 1 N–H and O–H groups in total. The van der Waals surface area contributed by atoms with Crippen molar-refractivity contribution < 1.29 is 4.79 Å². The van der Waals surface area contributed by atoms with E-state index in [9.17, 15) is 4.79 Å².